The molecule has 7 rings (SSSR count). The van der Waals surface area contributed by atoms with Gasteiger partial charge in [0.25, 0.3) is 11.8 Å². The van der Waals surface area contributed by atoms with Crippen LogP contribution < -0.4 is 15.9 Å². The molecule has 2 N–H and O–H groups in total. The molecule has 2 amide bonds. The van der Waals surface area contributed by atoms with Gasteiger partial charge in [0.15, 0.2) is 17.7 Å². The molecule has 0 spiro atoms. The van der Waals surface area contributed by atoms with Crippen LogP contribution in [0, 0.1) is 0 Å². The Morgan fingerprint density at radius 2 is 1.89 bits per heavy atom. The largest absolute Gasteiger partial charge is 0.499 e. The Morgan fingerprint density at radius 1 is 1.11 bits per heavy atom. The average Bonchev–Trinajstić information content (AvgIpc) is 3.74. The summed E-state index contributed by atoms with van der Waals surface area (Å²) in [6, 6.07) is 16.6. The van der Waals surface area contributed by atoms with Crippen molar-refractivity contribution in [3.8, 4) is 0 Å². The van der Waals surface area contributed by atoms with E-state index in [-0.39, 0.29) is 54.4 Å². The van der Waals surface area contributed by atoms with Crippen molar-refractivity contribution < 1.29 is 37.0 Å². The van der Waals surface area contributed by atoms with Crippen molar-refractivity contribution in [2.45, 2.75) is 38.3 Å². The van der Waals surface area contributed by atoms with E-state index in [9.17, 15) is 27.9 Å². The number of alkyl halides is 3. The number of fused-ring (bicyclic) bond motifs is 3. The summed E-state index contributed by atoms with van der Waals surface area (Å²) in [6.07, 6.45) is -5.45. The maximum absolute atomic E-state index is 13.7. The number of carbonyl (C=O) groups is 2. The van der Waals surface area contributed by atoms with E-state index in [2.05, 4.69) is 15.3 Å². The van der Waals surface area contributed by atoms with Crippen LogP contribution in [0.3, 0.4) is 0 Å². The molecule has 0 fully saturated rings. The van der Waals surface area contributed by atoms with Crippen LogP contribution in [0.5, 0.6) is 0 Å². The number of rotatable bonds is 7. The Morgan fingerprint density at radius 3 is 2.67 bits per heavy atom. The van der Waals surface area contributed by atoms with E-state index in [4.69, 9.17) is 9.15 Å². The summed E-state index contributed by atoms with van der Waals surface area (Å²) in [7, 11) is 1.37. The van der Waals surface area contributed by atoms with Crippen molar-refractivity contribution in [1.82, 2.24) is 20.2 Å². The summed E-state index contributed by atoms with van der Waals surface area (Å²) in [5.74, 6) is -0.738. The molecule has 0 radical (unpaired) electrons. The molecule has 1 aliphatic carbocycles. The van der Waals surface area contributed by atoms with Crippen molar-refractivity contribution in [2.24, 2.45) is 0 Å². The van der Waals surface area contributed by atoms with Gasteiger partial charge in [0, 0.05) is 39.6 Å². The van der Waals surface area contributed by atoms with E-state index in [0.29, 0.717) is 21.9 Å². The second kappa shape index (κ2) is 11.4. The first-order valence-corrected chi connectivity index (χ1v) is 15.2. The number of benzene rings is 2. The van der Waals surface area contributed by atoms with Crippen LogP contribution in [0.2, 0.25) is 0 Å². The van der Waals surface area contributed by atoms with Gasteiger partial charge in [-0.25, -0.2) is 9.97 Å². The third kappa shape index (κ3) is 5.11. The molecule has 234 valence electrons. The highest BCUT2D eigenvalue weighted by molar-refractivity contribution is 7.17. The number of hydrogen-bond acceptors (Lipinski definition) is 8. The summed E-state index contributed by atoms with van der Waals surface area (Å²) in [5.41, 5.74) is 0.905. The summed E-state index contributed by atoms with van der Waals surface area (Å²) >= 11 is 1.55. The van der Waals surface area contributed by atoms with Gasteiger partial charge in [0.2, 0.25) is 5.89 Å². The minimum absolute atomic E-state index is 0.00209. The molecule has 1 aliphatic heterocycles. The molecule has 1 unspecified atom stereocenters. The van der Waals surface area contributed by atoms with Gasteiger partial charge in [-0.3, -0.25) is 9.59 Å². The molecule has 46 heavy (non-hydrogen) atoms. The molecular formula is C33H25F3N4O5S. The zero-order valence-corrected chi connectivity index (χ0v) is 25.0. The Kier molecular flexibility index (Phi) is 7.36. The minimum atomic E-state index is -4.67. The number of carbonyl (C=O) groups excluding carboxylic acids is 2. The maximum Gasteiger partial charge on any atom is 0.433 e. The first-order valence-electron chi connectivity index (χ1n) is 14.3. The SMILES string of the molecule is COC1=c2nc(C(F)(F)F)ccc2=C(c2nc(C(=O)NCc3csc4ccccc34)c(CN3C(=O)c4ccccc4C3O)o2)CC1. The van der Waals surface area contributed by atoms with Gasteiger partial charge < -0.3 is 24.5 Å². The molecule has 0 saturated heterocycles. The molecule has 1 atom stereocenters. The molecule has 2 aliphatic rings. The Hall–Kier alpha value is -5.01. The van der Waals surface area contributed by atoms with Crippen LogP contribution in [-0.4, -0.2) is 38.9 Å². The number of oxazole rings is 1. The van der Waals surface area contributed by atoms with Crippen LogP contribution >= 0.6 is 11.3 Å². The Bertz CT molecular complexity index is 2160. The van der Waals surface area contributed by atoms with Gasteiger partial charge in [-0.1, -0.05) is 42.5 Å². The van der Waals surface area contributed by atoms with Crippen molar-refractivity contribution in [2.75, 3.05) is 7.11 Å². The molecule has 5 aromatic rings. The zero-order chi connectivity index (χ0) is 32.2. The molecule has 3 aromatic heterocycles. The zero-order valence-electron chi connectivity index (χ0n) is 24.2. The van der Waals surface area contributed by atoms with Gasteiger partial charge >= 0.3 is 6.18 Å². The number of thiophene rings is 1. The fourth-order valence-corrected chi connectivity index (χ4v) is 6.81. The highest BCUT2D eigenvalue weighted by Gasteiger charge is 2.38. The second-order valence-corrected chi connectivity index (χ2v) is 11.7. The maximum atomic E-state index is 13.7. The fourth-order valence-electron chi connectivity index (χ4n) is 5.84. The van der Waals surface area contributed by atoms with Crippen molar-refractivity contribution in [3.63, 3.8) is 0 Å². The van der Waals surface area contributed by atoms with Crippen molar-refractivity contribution in [3.05, 3.63) is 116 Å². The highest BCUT2D eigenvalue weighted by Crippen LogP contribution is 2.34. The third-order valence-corrected chi connectivity index (χ3v) is 9.15. The fraction of sp³-hybridized carbons (Fsp3) is 0.212. The lowest BCUT2D eigenvalue weighted by Crippen LogP contribution is -2.37. The number of aliphatic hydroxyl groups is 1. The number of halogens is 3. The smallest absolute Gasteiger partial charge is 0.433 e. The molecular weight excluding hydrogens is 621 g/mol. The minimum Gasteiger partial charge on any atom is -0.499 e. The molecule has 9 nitrogen and oxygen atoms in total. The Balaban J connectivity index is 1.30. The molecule has 0 bridgehead atoms. The Labute approximate surface area is 263 Å². The monoisotopic (exact) mass is 646 g/mol. The third-order valence-electron chi connectivity index (χ3n) is 8.13. The predicted octanol–water partition coefficient (Wildman–Crippen LogP) is 4.63. The lowest BCUT2D eigenvalue weighted by molar-refractivity contribution is -0.141. The molecule has 2 aromatic carbocycles. The van der Waals surface area contributed by atoms with E-state index in [0.717, 1.165) is 21.7 Å². The summed E-state index contributed by atoms with van der Waals surface area (Å²) in [4.78, 5) is 36.5. The van der Waals surface area contributed by atoms with Crippen LogP contribution in [0.15, 0.2) is 70.5 Å². The first kappa shape index (κ1) is 29.7. The number of nitrogens with one attached hydrogen (secondary N) is 1. The van der Waals surface area contributed by atoms with Gasteiger partial charge in [0.05, 0.1) is 13.7 Å². The van der Waals surface area contributed by atoms with Gasteiger partial charge in [-0.15, -0.1) is 11.3 Å². The second-order valence-electron chi connectivity index (χ2n) is 10.8. The van der Waals surface area contributed by atoms with Crippen molar-refractivity contribution >= 4 is 44.6 Å². The number of ether oxygens (including phenoxy) is 1. The highest BCUT2D eigenvalue weighted by atomic mass is 32.1. The van der Waals surface area contributed by atoms with Crippen LogP contribution in [0.4, 0.5) is 13.2 Å². The van der Waals surface area contributed by atoms with E-state index < -0.39 is 29.9 Å². The van der Waals surface area contributed by atoms with Crippen LogP contribution in [0.1, 0.15) is 68.4 Å². The number of hydrogen-bond donors (Lipinski definition) is 2. The first-order chi connectivity index (χ1) is 22.1. The number of aromatic nitrogens is 2. The van der Waals surface area contributed by atoms with E-state index in [1.54, 1.807) is 35.6 Å². The number of nitrogens with zero attached hydrogens (tertiary/aromatic N) is 3. The number of aliphatic hydroxyl groups excluding tert-OH is 1. The van der Waals surface area contributed by atoms with E-state index in [1.807, 2.05) is 29.6 Å². The number of pyridine rings is 1. The normalized spacial score (nSPS) is 16.2. The molecule has 0 saturated carbocycles. The van der Waals surface area contributed by atoms with Gasteiger partial charge in [0.1, 0.15) is 16.8 Å². The predicted molar refractivity (Wildman–Crippen MR) is 161 cm³/mol. The lowest BCUT2D eigenvalue weighted by Gasteiger charge is -2.19. The average molecular weight is 647 g/mol. The lowest BCUT2D eigenvalue weighted by atomic mass is 10.0. The molecule has 13 heteroatoms. The van der Waals surface area contributed by atoms with Crippen LogP contribution in [0.25, 0.3) is 21.4 Å². The number of amides is 2. The van der Waals surface area contributed by atoms with E-state index >= 15 is 0 Å². The summed E-state index contributed by atoms with van der Waals surface area (Å²) in [6.45, 7) is -0.0937. The van der Waals surface area contributed by atoms with E-state index in [1.165, 1.54) is 18.1 Å². The topological polar surface area (TPSA) is 118 Å². The quantitative estimate of drug-likeness (QED) is 0.265. The van der Waals surface area contributed by atoms with Gasteiger partial charge in [-0.05, 0) is 40.9 Å². The van der Waals surface area contributed by atoms with Crippen LogP contribution in [-0.2, 0) is 24.0 Å². The number of methoxy groups -OCH3 is 1. The molecule has 4 heterocycles. The summed E-state index contributed by atoms with van der Waals surface area (Å²) < 4.78 is 53.2. The summed E-state index contributed by atoms with van der Waals surface area (Å²) in [5, 5.41) is 17.2. The standard InChI is InChI=1S/C33H25F3N4O5S/c1-44-23-12-10-20(19-11-13-26(33(34,35)36)38-27(19)23)30-39-28(29(41)37-14-17-16-46-25-9-5-4-6-18(17)25)24(45-30)15-40-31(42)21-7-2-3-8-22(21)32(40)43/h2-9,11,13,16,31,42H,10,12,14-15H2,1H3,(H,37,41). The van der Waals surface area contributed by atoms with Crippen molar-refractivity contribution in [1.29, 1.82) is 0 Å². The van der Waals surface area contributed by atoms with Gasteiger partial charge in [-0.2, -0.15) is 13.2 Å².